The lowest BCUT2D eigenvalue weighted by atomic mass is 10.2. The molecule has 0 fully saturated rings. The summed E-state index contributed by atoms with van der Waals surface area (Å²) in [5, 5.41) is 7.16. The average Bonchev–Trinajstić information content (AvgIpc) is 2.81. The van der Waals surface area contributed by atoms with E-state index in [0.29, 0.717) is 12.1 Å². The maximum atomic E-state index is 12.1. The topological polar surface area (TPSA) is 72.9 Å². The molecule has 5 nitrogen and oxygen atoms in total. The Morgan fingerprint density at radius 1 is 1.43 bits per heavy atom. The lowest BCUT2D eigenvalue weighted by Gasteiger charge is -2.08. The van der Waals surface area contributed by atoms with Gasteiger partial charge in [-0.3, -0.25) is 4.79 Å². The van der Waals surface area contributed by atoms with E-state index in [-0.39, 0.29) is 11.9 Å². The Kier molecular flexibility index (Phi) is 5.14. The second-order valence-corrected chi connectivity index (χ2v) is 5.97. The monoisotopic (exact) mass is 350 g/mol. The first kappa shape index (κ1) is 15.7. The zero-order chi connectivity index (χ0) is 15.4. The van der Waals surface area contributed by atoms with Gasteiger partial charge in [0, 0.05) is 17.1 Å². The Morgan fingerprint density at radius 3 is 2.71 bits per heavy atom. The number of hydrogen-bond donors (Lipinski definition) is 2. The predicted octanol–water partition coefficient (Wildman–Crippen LogP) is 2.41. The lowest BCUT2D eigenvalue weighted by Crippen LogP contribution is -2.29. The number of amides is 1. The van der Waals surface area contributed by atoms with Crippen molar-refractivity contribution in [1.29, 1.82) is 0 Å². The van der Waals surface area contributed by atoms with Crippen LogP contribution in [-0.2, 0) is 0 Å². The minimum atomic E-state index is -0.114. The number of nitrogens with zero attached hydrogens (tertiary/aromatic N) is 2. The molecule has 1 heterocycles. The van der Waals surface area contributed by atoms with Crippen LogP contribution in [0.25, 0.3) is 5.69 Å². The van der Waals surface area contributed by atoms with Gasteiger partial charge in [0.25, 0.3) is 5.91 Å². The van der Waals surface area contributed by atoms with E-state index in [2.05, 4.69) is 26.3 Å². The number of aromatic nitrogens is 2. The smallest absolute Gasteiger partial charge is 0.254 e. The number of carbonyl (C=O) groups excluding carboxylic acids is 1. The molecule has 2 rings (SSSR count). The molecule has 2 aromatic rings. The molecule has 0 saturated heterocycles. The van der Waals surface area contributed by atoms with Gasteiger partial charge in [-0.05, 0) is 44.5 Å². The predicted molar refractivity (Wildman–Crippen MR) is 86.6 cm³/mol. The number of carbonyl (C=O) groups is 1. The highest BCUT2D eigenvalue weighted by Crippen LogP contribution is 2.17. The van der Waals surface area contributed by atoms with Crippen LogP contribution in [0.2, 0.25) is 0 Å². The Labute approximate surface area is 132 Å². The molecule has 1 aromatic heterocycles. The fourth-order valence-corrected chi connectivity index (χ4v) is 2.25. The van der Waals surface area contributed by atoms with Crippen LogP contribution >= 0.6 is 15.9 Å². The van der Waals surface area contributed by atoms with Crippen LogP contribution in [0.4, 0.5) is 0 Å². The van der Waals surface area contributed by atoms with Crippen molar-refractivity contribution in [3.63, 3.8) is 0 Å². The summed E-state index contributed by atoms with van der Waals surface area (Å²) >= 11 is 3.40. The first-order chi connectivity index (χ1) is 9.99. The Hall–Kier alpha value is -1.66. The molecule has 0 bridgehead atoms. The van der Waals surface area contributed by atoms with Crippen molar-refractivity contribution in [2.75, 3.05) is 6.54 Å². The van der Waals surface area contributed by atoms with Crippen molar-refractivity contribution in [1.82, 2.24) is 15.1 Å². The van der Waals surface area contributed by atoms with Crippen molar-refractivity contribution in [2.45, 2.75) is 26.3 Å². The van der Waals surface area contributed by atoms with Crippen LogP contribution in [0.5, 0.6) is 0 Å². The molecule has 0 aliphatic rings. The highest BCUT2D eigenvalue weighted by Gasteiger charge is 2.14. The maximum Gasteiger partial charge on any atom is 0.254 e. The molecule has 1 unspecified atom stereocenters. The standard InChI is InChI=1S/C15H19BrN4O/c1-10(17)7-8-18-15(21)14-9-19-20(11(14)2)13-5-3-12(16)4-6-13/h3-6,9-10H,7-8,17H2,1-2H3,(H,18,21). The summed E-state index contributed by atoms with van der Waals surface area (Å²) in [6.07, 6.45) is 2.35. The fourth-order valence-electron chi connectivity index (χ4n) is 1.98. The summed E-state index contributed by atoms with van der Waals surface area (Å²) in [5.74, 6) is -0.114. The van der Waals surface area contributed by atoms with Gasteiger partial charge >= 0.3 is 0 Å². The Balaban J connectivity index is 2.13. The van der Waals surface area contributed by atoms with Crippen molar-refractivity contribution in [2.24, 2.45) is 5.73 Å². The molecule has 21 heavy (non-hydrogen) atoms. The summed E-state index contributed by atoms with van der Waals surface area (Å²) < 4.78 is 2.76. The summed E-state index contributed by atoms with van der Waals surface area (Å²) in [4.78, 5) is 12.1. The summed E-state index contributed by atoms with van der Waals surface area (Å²) in [6, 6.07) is 7.86. The third kappa shape index (κ3) is 3.92. The van der Waals surface area contributed by atoms with Crippen LogP contribution in [0, 0.1) is 6.92 Å². The zero-order valence-electron chi connectivity index (χ0n) is 12.1. The number of rotatable bonds is 5. The van der Waals surface area contributed by atoms with Crippen LogP contribution in [-0.4, -0.2) is 28.3 Å². The second-order valence-electron chi connectivity index (χ2n) is 5.05. The number of nitrogens with two attached hydrogens (primary N) is 1. The number of benzene rings is 1. The van der Waals surface area contributed by atoms with E-state index in [1.54, 1.807) is 10.9 Å². The largest absolute Gasteiger partial charge is 0.352 e. The molecular formula is C15H19BrN4O. The fraction of sp³-hybridized carbons (Fsp3) is 0.333. The maximum absolute atomic E-state index is 12.1. The Morgan fingerprint density at radius 2 is 2.10 bits per heavy atom. The van der Waals surface area contributed by atoms with E-state index in [1.165, 1.54) is 0 Å². The van der Waals surface area contributed by atoms with E-state index in [0.717, 1.165) is 22.3 Å². The van der Waals surface area contributed by atoms with Gasteiger partial charge in [0.05, 0.1) is 23.1 Å². The van der Waals surface area contributed by atoms with Crippen molar-refractivity contribution >= 4 is 21.8 Å². The molecule has 0 aliphatic carbocycles. The Bertz CT molecular complexity index is 619. The van der Waals surface area contributed by atoms with Gasteiger partial charge in [0.15, 0.2) is 0 Å². The van der Waals surface area contributed by atoms with E-state index in [1.807, 2.05) is 38.1 Å². The second kappa shape index (κ2) is 6.87. The molecule has 3 N–H and O–H groups in total. The molecule has 1 amide bonds. The molecular weight excluding hydrogens is 332 g/mol. The number of hydrogen-bond acceptors (Lipinski definition) is 3. The van der Waals surface area contributed by atoms with Gasteiger partial charge in [0.2, 0.25) is 0 Å². The van der Waals surface area contributed by atoms with Crippen LogP contribution < -0.4 is 11.1 Å². The summed E-state index contributed by atoms with van der Waals surface area (Å²) in [5.41, 5.74) is 7.99. The first-order valence-electron chi connectivity index (χ1n) is 6.83. The minimum Gasteiger partial charge on any atom is -0.352 e. The summed E-state index contributed by atoms with van der Waals surface area (Å²) in [6.45, 7) is 4.37. The van der Waals surface area contributed by atoms with Crippen LogP contribution in [0.3, 0.4) is 0 Å². The highest BCUT2D eigenvalue weighted by molar-refractivity contribution is 9.10. The third-order valence-corrected chi connectivity index (χ3v) is 3.74. The lowest BCUT2D eigenvalue weighted by molar-refractivity contribution is 0.0952. The van der Waals surface area contributed by atoms with Gasteiger partial charge in [-0.1, -0.05) is 15.9 Å². The van der Waals surface area contributed by atoms with Crippen LogP contribution in [0.1, 0.15) is 29.4 Å². The normalized spacial score (nSPS) is 12.2. The van der Waals surface area contributed by atoms with Gasteiger partial charge in [-0.2, -0.15) is 5.10 Å². The molecule has 6 heteroatoms. The van der Waals surface area contributed by atoms with Crippen LogP contribution in [0.15, 0.2) is 34.9 Å². The SMILES string of the molecule is Cc1c(C(=O)NCCC(C)N)cnn1-c1ccc(Br)cc1. The highest BCUT2D eigenvalue weighted by atomic mass is 79.9. The van der Waals surface area contributed by atoms with Gasteiger partial charge in [0.1, 0.15) is 0 Å². The molecule has 0 saturated carbocycles. The van der Waals surface area contributed by atoms with Crippen molar-refractivity contribution in [3.8, 4) is 5.69 Å². The number of nitrogens with one attached hydrogen (secondary N) is 1. The molecule has 0 radical (unpaired) electrons. The zero-order valence-corrected chi connectivity index (χ0v) is 13.7. The average molecular weight is 351 g/mol. The van der Waals surface area contributed by atoms with E-state index >= 15 is 0 Å². The van der Waals surface area contributed by atoms with Gasteiger partial charge in [-0.25, -0.2) is 4.68 Å². The number of halogens is 1. The van der Waals surface area contributed by atoms with E-state index in [4.69, 9.17) is 5.73 Å². The van der Waals surface area contributed by atoms with Gasteiger partial charge < -0.3 is 11.1 Å². The van der Waals surface area contributed by atoms with Crippen molar-refractivity contribution < 1.29 is 4.79 Å². The van der Waals surface area contributed by atoms with Crippen molar-refractivity contribution in [3.05, 3.63) is 46.2 Å². The van der Waals surface area contributed by atoms with Gasteiger partial charge in [-0.15, -0.1) is 0 Å². The molecule has 1 atom stereocenters. The van der Waals surface area contributed by atoms with E-state index < -0.39 is 0 Å². The quantitative estimate of drug-likeness (QED) is 0.869. The molecule has 0 spiro atoms. The summed E-state index contributed by atoms with van der Waals surface area (Å²) in [7, 11) is 0. The molecule has 112 valence electrons. The minimum absolute atomic E-state index is 0.0804. The first-order valence-corrected chi connectivity index (χ1v) is 7.62. The van der Waals surface area contributed by atoms with E-state index in [9.17, 15) is 4.79 Å². The third-order valence-electron chi connectivity index (χ3n) is 3.21. The molecule has 1 aromatic carbocycles. The molecule has 0 aliphatic heterocycles.